The van der Waals surface area contributed by atoms with Crippen LogP contribution in [0.25, 0.3) is 5.69 Å². The van der Waals surface area contributed by atoms with Crippen molar-refractivity contribution in [3.8, 4) is 5.69 Å². The molecule has 2 N–H and O–H groups in total. The fourth-order valence-electron chi connectivity index (χ4n) is 3.26. The van der Waals surface area contributed by atoms with Gasteiger partial charge in [0, 0.05) is 22.6 Å². The van der Waals surface area contributed by atoms with Crippen molar-refractivity contribution < 1.29 is 13.2 Å². The molecule has 1 aromatic heterocycles. The Kier molecular flexibility index (Phi) is 6.48. The normalized spacial score (nSPS) is 11.2. The average Bonchev–Trinajstić information content (AvgIpc) is 3.25. The lowest BCUT2D eigenvalue weighted by atomic mass is 10.2. The minimum atomic E-state index is -3.86. The average molecular weight is 481 g/mol. The second-order valence-electron chi connectivity index (χ2n) is 7.45. The Hall–Kier alpha value is -3.62. The molecule has 0 aliphatic rings. The number of aromatic nitrogens is 2. The number of halogens is 1. The van der Waals surface area contributed by atoms with E-state index in [1.54, 1.807) is 60.4 Å². The van der Waals surface area contributed by atoms with Gasteiger partial charge in [0.15, 0.2) is 0 Å². The predicted octanol–water partition coefficient (Wildman–Crippen LogP) is 4.82. The number of carbonyl (C=O) groups excluding carboxylic acids is 1. The van der Waals surface area contributed by atoms with E-state index in [2.05, 4.69) is 15.1 Å². The first-order valence-corrected chi connectivity index (χ1v) is 11.9. The van der Waals surface area contributed by atoms with Crippen molar-refractivity contribution in [2.75, 3.05) is 10.0 Å². The summed E-state index contributed by atoms with van der Waals surface area (Å²) < 4.78 is 30.0. The smallest absolute Gasteiger partial charge is 0.262 e. The van der Waals surface area contributed by atoms with Gasteiger partial charge in [-0.1, -0.05) is 35.9 Å². The zero-order valence-corrected chi connectivity index (χ0v) is 19.3. The summed E-state index contributed by atoms with van der Waals surface area (Å²) in [5, 5.41) is 7.56. The maximum absolute atomic E-state index is 12.9. The van der Waals surface area contributed by atoms with Gasteiger partial charge in [0.25, 0.3) is 10.0 Å². The highest BCUT2D eigenvalue weighted by molar-refractivity contribution is 7.92. The fourth-order valence-corrected chi connectivity index (χ4v) is 4.72. The third kappa shape index (κ3) is 5.60. The molecule has 7 nitrogen and oxygen atoms in total. The van der Waals surface area contributed by atoms with Crippen LogP contribution in [0, 0.1) is 6.92 Å². The molecule has 168 valence electrons. The fraction of sp³-hybridized carbons (Fsp3) is 0.0833. The molecule has 0 bridgehead atoms. The van der Waals surface area contributed by atoms with Crippen LogP contribution in [0.1, 0.15) is 11.1 Å². The standard InChI is InChI=1S/C24H21ClN4O3S/c1-17-7-10-21(14-23(17)33(31,32)28-20-11-8-19(25)9-12-20)27-24(30)13-18-15-26-29(16-18)22-5-3-2-4-6-22/h2-12,14-16,28H,13H2,1H3,(H,27,30). The number of nitrogens with one attached hydrogen (secondary N) is 2. The van der Waals surface area contributed by atoms with E-state index in [1.165, 1.54) is 6.07 Å². The molecule has 0 spiro atoms. The van der Waals surface area contributed by atoms with Crippen LogP contribution in [0.3, 0.4) is 0 Å². The molecule has 0 saturated carbocycles. The van der Waals surface area contributed by atoms with Gasteiger partial charge in [0.05, 0.1) is 23.2 Å². The highest BCUT2D eigenvalue weighted by atomic mass is 35.5. The Morgan fingerprint density at radius 3 is 2.42 bits per heavy atom. The molecule has 0 radical (unpaired) electrons. The van der Waals surface area contributed by atoms with Crippen molar-refractivity contribution in [2.24, 2.45) is 0 Å². The van der Waals surface area contributed by atoms with Crippen LogP contribution in [0.4, 0.5) is 11.4 Å². The van der Waals surface area contributed by atoms with Crippen molar-refractivity contribution in [2.45, 2.75) is 18.2 Å². The number of hydrogen-bond acceptors (Lipinski definition) is 4. The molecular weight excluding hydrogens is 460 g/mol. The van der Waals surface area contributed by atoms with Crippen molar-refractivity contribution in [3.05, 3.63) is 101 Å². The Bertz CT molecular complexity index is 1380. The molecule has 9 heteroatoms. The number of amides is 1. The van der Waals surface area contributed by atoms with Gasteiger partial charge in [0.1, 0.15) is 0 Å². The lowest BCUT2D eigenvalue weighted by molar-refractivity contribution is -0.115. The van der Waals surface area contributed by atoms with E-state index < -0.39 is 10.0 Å². The number of hydrogen-bond donors (Lipinski definition) is 2. The van der Waals surface area contributed by atoms with Crippen LogP contribution in [0.2, 0.25) is 5.02 Å². The summed E-state index contributed by atoms with van der Waals surface area (Å²) in [5.74, 6) is -0.277. The maximum Gasteiger partial charge on any atom is 0.262 e. The maximum atomic E-state index is 12.9. The molecule has 4 aromatic rings. The summed E-state index contributed by atoms with van der Waals surface area (Å²) in [6, 6.07) is 20.7. The van der Waals surface area contributed by atoms with E-state index in [0.717, 1.165) is 11.3 Å². The van der Waals surface area contributed by atoms with Gasteiger partial charge >= 0.3 is 0 Å². The number of sulfonamides is 1. The Balaban J connectivity index is 1.47. The van der Waals surface area contributed by atoms with Crippen molar-refractivity contribution in [1.82, 2.24) is 9.78 Å². The van der Waals surface area contributed by atoms with Gasteiger partial charge in [-0.15, -0.1) is 0 Å². The number of rotatable bonds is 7. The van der Waals surface area contributed by atoms with Gasteiger partial charge in [-0.2, -0.15) is 5.10 Å². The lowest BCUT2D eigenvalue weighted by Gasteiger charge is -2.13. The first-order valence-electron chi connectivity index (χ1n) is 10.1. The van der Waals surface area contributed by atoms with E-state index in [9.17, 15) is 13.2 Å². The summed E-state index contributed by atoms with van der Waals surface area (Å²) in [6.45, 7) is 1.69. The summed E-state index contributed by atoms with van der Waals surface area (Å²) >= 11 is 5.86. The van der Waals surface area contributed by atoms with Crippen LogP contribution in [-0.2, 0) is 21.2 Å². The van der Waals surface area contributed by atoms with Crippen LogP contribution in [0.15, 0.2) is 90.1 Å². The first-order chi connectivity index (χ1) is 15.8. The highest BCUT2D eigenvalue weighted by Crippen LogP contribution is 2.24. The molecule has 0 unspecified atom stereocenters. The molecule has 3 aromatic carbocycles. The third-order valence-electron chi connectivity index (χ3n) is 4.88. The van der Waals surface area contributed by atoms with Gasteiger partial charge in [-0.25, -0.2) is 13.1 Å². The van der Waals surface area contributed by atoms with Crippen LogP contribution >= 0.6 is 11.6 Å². The molecule has 1 heterocycles. The van der Waals surface area contributed by atoms with Crippen LogP contribution in [-0.4, -0.2) is 24.1 Å². The van der Waals surface area contributed by atoms with Gasteiger partial charge in [-0.05, 0) is 66.6 Å². The van der Waals surface area contributed by atoms with E-state index in [4.69, 9.17) is 11.6 Å². The molecule has 0 aliphatic carbocycles. The monoisotopic (exact) mass is 480 g/mol. The number of benzene rings is 3. The van der Waals surface area contributed by atoms with Crippen molar-refractivity contribution >= 4 is 38.9 Å². The zero-order chi connectivity index (χ0) is 23.4. The molecule has 0 saturated heterocycles. The molecular formula is C24H21ClN4O3S. The van der Waals surface area contributed by atoms with Gasteiger partial charge in [0.2, 0.25) is 5.91 Å². The number of carbonyl (C=O) groups is 1. The number of anilines is 2. The molecule has 1 amide bonds. The zero-order valence-electron chi connectivity index (χ0n) is 17.7. The Morgan fingerprint density at radius 1 is 1.00 bits per heavy atom. The summed E-state index contributed by atoms with van der Waals surface area (Å²) in [5.41, 5.74) is 2.96. The molecule has 0 atom stereocenters. The Morgan fingerprint density at radius 2 is 1.70 bits per heavy atom. The first kappa shape index (κ1) is 22.6. The van der Waals surface area contributed by atoms with Crippen LogP contribution < -0.4 is 10.0 Å². The molecule has 4 rings (SSSR count). The molecule has 33 heavy (non-hydrogen) atoms. The molecule has 0 fully saturated rings. The largest absolute Gasteiger partial charge is 0.326 e. The topological polar surface area (TPSA) is 93.1 Å². The minimum Gasteiger partial charge on any atom is -0.326 e. The summed E-state index contributed by atoms with van der Waals surface area (Å²) in [4.78, 5) is 12.6. The highest BCUT2D eigenvalue weighted by Gasteiger charge is 2.18. The second-order valence-corrected chi connectivity index (χ2v) is 9.53. The quantitative estimate of drug-likeness (QED) is 0.396. The summed E-state index contributed by atoms with van der Waals surface area (Å²) in [6.07, 6.45) is 3.52. The third-order valence-corrected chi connectivity index (χ3v) is 6.65. The second kappa shape index (κ2) is 9.48. The summed E-state index contributed by atoms with van der Waals surface area (Å²) in [7, 11) is -3.86. The SMILES string of the molecule is Cc1ccc(NC(=O)Cc2cnn(-c3ccccc3)c2)cc1S(=O)(=O)Nc1ccc(Cl)cc1. The van der Waals surface area contributed by atoms with E-state index in [1.807, 2.05) is 30.3 Å². The van der Waals surface area contributed by atoms with E-state index >= 15 is 0 Å². The van der Waals surface area contributed by atoms with Crippen molar-refractivity contribution in [1.29, 1.82) is 0 Å². The number of para-hydroxylation sites is 1. The Labute approximate surface area is 197 Å². The number of nitrogens with zero attached hydrogens (tertiary/aromatic N) is 2. The van der Waals surface area contributed by atoms with E-state index in [0.29, 0.717) is 22.0 Å². The van der Waals surface area contributed by atoms with Gasteiger partial charge in [-0.3, -0.25) is 9.52 Å². The lowest BCUT2D eigenvalue weighted by Crippen LogP contribution is -2.17. The minimum absolute atomic E-state index is 0.0761. The van der Waals surface area contributed by atoms with Crippen molar-refractivity contribution in [3.63, 3.8) is 0 Å². The van der Waals surface area contributed by atoms with Gasteiger partial charge < -0.3 is 5.32 Å². The molecule has 0 aliphatic heterocycles. The number of aryl methyl sites for hydroxylation is 1. The predicted molar refractivity (Wildman–Crippen MR) is 129 cm³/mol. The van der Waals surface area contributed by atoms with Crippen LogP contribution in [0.5, 0.6) is 0 Å². The van der Waals surface area contributed by atoms with E-state index in [-0.39, 0.29) is 17.2 Å².